The highest BCUT2D eigenvalue weighted by Gasteiger charge is 2.20. The molecular weight excluding hydrogens is 252 g/mol. The number of carbonyl (C=O) groups excluding carboxylic acids is 1. The number of hydrogen-bond acceptors (Lipinski definition) is 4. The van der Waals surface area contributed by atoms with Gasteiger partial charge in [-0.15, -0.1) is 0 Å². The molecule has 110 valence electrons. The van der Waals surface area contributed by atoms with Crippen molar-refractivity contribution in [3.05, 3.63) is 23.9 Å². The van der Waals surface area contributed by atoms with E-state index in [1.165, 1.54) is 5.56 Å². The molecule has 1 aliphatic heterocycles. The first-order valence-electron chi connectivity index (χ1n) is 7.26. The second kappa shape index (κ2) is 6.70. The van der Waals surface area contributed by atoms with Gasteiger partial charge in [-0.1, -0.05) is 6.07 Å². The smallest absolute Gasteiger partial charge is 0.219 e. The molecule has 2 heterocycles. The molecule has 1 N–H and O–H groups in total. The maximum atomic E-state index is 11.5. The molecular formula is C15H24N4O. The van der Waals surface area contributed by atoms with E-state index in [4.69, 9.17) is 0 Å². The number of hydrogen-bond donors (Lipinski definition) is 1. The van der Waals surface area contributed by atoms with Gasteiger partial charge in [0.25, 0.3) is 0 Å². The molecule has 1 aromatic rings. The summed E-state index contributed by atoms with van der Waals surface area (Å²) < 4.78 is 0. The Morgan fingerprint density at radius 1 is 1.35 bits per heavy atom. The van der Waals surface area contributed by atoms with E-state index in [9.17, 15) is 4.79 Å². The van der Waals surface area contributed by atoms with E-state index in [0.29, 0.717) is 0 Å². The van der Waals surface area contributed by atoms with Gasteiger partial charge in [0.15, 0.2) is 0 Å². The van der Waals surface area contributed by atoms with E-state index >= 15 is 0 Å². The third-order valence-corrected chi connectivity index (χ3v) is 3.96. The van der Waals surface area contributed by atoms with E-state index in [1.807, 2.05) is 24.2 Å². The second-order valence-corrected chi connectivity index (χ2v) is 5.27. The number of carbonyl (C=O) groups is 1. The molecule has 1 aliphatic rings. The lowest BCUT2D eigenvalue weighted by Crippen LogP contribution is -2.34. The van der Waals surface area contributed by atoms with Crippen molar-refractivity contribution in [2.24, 2.45) is 0 Å². The number of anilines is 1. The molecule has 1 atom stereocenters. The van der Waals surface area contributed by atoms with Gasteiger partial charge in [0.1, 0.15) is 5.82 Å². The quantitative estimate of drug-likeness (QED) is 0.907. The van der Waals surface area contributed by atoms with E-state index in [1.54, 1.807) is 6.92 Å². The number of pyridine rings is 1. The van der Waals surface area contributed by atoms with Crippen molar-refractivity contribution in [2.75, 3.05) is 38.1 Å². The lowest BCUT2D eigenvalue weighted by Gasteiger charge is -2.26. The van der Waals surface area contributed by atoms with Crippen molar-refractivity contribution in [3.8, 4) is 0 Å². The van der Waals surface area contributed by atoms with Crippen LogP contribution in [0.2, 0.25) is 0 Å². The van der Waals surface area contributed by atoms with Crippen LogP contribution in [0.25, 0.3) is 0 Å². The minimum Gasteiger partial charge on any atom is -0.355 e. The largest absolute Gasteiger partial charge is 0.355 e. The predicted octanol–water partition coefficient (Wildman–Crippen LogP) is 1.42. The Morgan fingerprint density at radius 2 is 2.15 bits per heavy atom. The van der Waals surface area contributed by atoms with Crippen LogP contribution in [-0.2, 0) is 4.79 Å². The lowest BCUT2D eigenvalue weighted by molar-refractivity contribution is -0.128. The summed E-state index contributed by atoms with van der Waals surface area (Å²) in [5, 5.41) is 3.27. The molecule has 0 bridgehead atoms. The summed E-state index contributed by atoms with van der Waals surface area (Å²) >= 11 is 0. The molecule has 5 heteroatoms. The van der Waals surface area contributed by atoms with Crippen LogP contribution >= 0.6 is 0 Å². The summed E-state index contributed by atoms with van der Waals surface area (Å²) in [5.74, 6) is 1.21. The van der Waals surface area contributed by atoms with Crippen LogP contribution in [0.5, 0.6) is 0 Å². The molecule has 1 unspecified atom stereocenters. The predicted molar refractivity (Wildman–Crippen MR) is 80.8 cm³/mol. The van der Waals surface area contributed by atoms with Crippen molar-refractivity contribution in [1.29, 1.82) is 0 Å². The summed E-state index contributed by atoms with van der Waals surface area (Å²) in [6, 6.07) is 4.37. The first-order chi connectivity index (χ1) is 9.63. The Hall–Kier alpha value is -1.62. The number of nitrogens with zero attached hydrogens (tertiary/aromatic N) is 3. The number of aromatic nitrogens is 1. The van der Waals surface area contributed by atoms with Crippen LogP contribution in [-0.4, -0.2) is 49.0 Å². The van der Waals surface area contributed by atoms with Gasteiger partial charge >= 0.3 is 0 Å². The van der Waals surface area contributed by atoms with Gasteiger partial charge in [-0.3, -0.25) is 4.79 Å². The first-order valence-corrected chi connectivity index (χ1v) is 7.26. The van der Waals surface area contributed by atoms with Crippen LogP contribution < -0.4 is 10.2 Å². The third kappa shape index (κ3) is 3.28. The zero-order chi connectivity index (χ0) is 14.5. The summed E-state index contributed by atoms with van der Waals surface area (Å²) in [5.41, 5.74) is 1.21. The van der Waals surface area contributed by atoms with Gasteiger partial charge in [0.05, 0.1) is 0 Å². The highest BCUT2D eigenvalue weighted by molar-refractivity contribution is 5.73. The molecule has 1 aromatic heterocycles. The molecule has 5 nitrogen and oxygen atoms in total. The topological polar surface area (TPSA) is 48.5 Å². The normalized spacial score (nSPS) is 17.8. The zero-order valence-corrected chi connectivity index (χ0v) is 12.6. The molecule has 1 fully saturated rings. The third-order valence-electron chi connectivity index (χ3n) is 3.96. The molecule has 0 aliphatic carbocycles. The SMILES string of the molecule is CNC(C)c1cccnc1N1CCCN(C(C)=O)CC1. The van der Waals surface area contributed by atoms with Gasteiger partial charge in [-0.05, 0) is 26.5 Å². The highest BCUT2D eigenvalue weighted by Crippen LogP contribution is 2.24. The molecule has 0 spiro atoms. The molecule has 0 aromatic carbocycles. The van der Waals surface area contributed by atoms with Crippen molar-refractivity contribution in [2.45, 2.75) is 26.3 Å². The van der Waals surface area contributed by atoms with Crippen molar-refractivity contribution in [3.63, 3.8) is 0 Å². The van der Waals surface area contributed by atoms with Gasteiger partial charge in [-0.25, -0.2) is 4.98 Å². The Balaban J connectivity index is 2.17. The van der Waals surface area contributed by atoms with E-state index < -0.39 is 0 Å². The number of rotatable bonds is 3. The lowest BCUT2D eigenvalue weighted by atomic mass is 10.1. The van der Waals surface area contributed by atoms with Crippen molar-refractivity contribution in [1.82, 2.24) is 15.2 Å². The van der Waals surface area contributed by atoms with Crippen LogP contribution in [0.15, 0.2) is 18.3 Å². The summed E-state index contributed by atoms with van der Waals surface area (Å²) in [7, 11) is 1.96. The molecule has 1 amide bonds. The van der Waals surface area contributed by atoms with Gasteiger partial charge in [0, 0.05) is 50.9 Å². The second-order valence-electron chi connectivity index (χ2n) is 5.27. The van der Waals surface area contributed by atoms with Gasteiger partial charge in [0.2, 0.25) is 5.91 Å². The first kappa shape index (κ1) is 14.8. The van der Waals surface area contributed by atoms with Crippen molar-refractivity contribution < 1.29 is 4.79 Å². The average Bonchev–Trinajstić information content (AvgIpc) is 2.72. The van der Waals surface area contributed by atoms with Gasteiger partial charge < -0.3 is 15.1 Å². The Kier molecular flexibility index (Phi) is 4.95. The fourth-order valence-electron chi connectivity index (χ4n) is 2.61. The minimum atomic E-state index is 0.164. The van der Waals surface area contributed by atoms with Crippen LogP contribution in [0.4, 0.5) is 5.82 Å². The molecule has 0 radical (unpaired) electrons. The Bertz CT molecular complexity index is 463. The fourth-order valence-corrected chi connectivity index (χ4v) is 2.61. The zero-order valence-electron chi connectivity index (χ0n) is 12.6. The average molecular weight is 276 g/mol. The Morgan fingerprint density at radius 3 is 2.85 bits per heavy atom. The van der Waals surface area contributed by atoms with Crippen LogP contribution in [0.3, 0.4) is 0 Å². The maximum Gasteiger partial charge on any atom is 0.219 e. The fraction of sp³-hybridized carbons (Fsp3) is 0.600. The molecule has 20 heavy (non-hydrogen) atoms. The highest BCUT2D eigenvalue weighted by atomic mass is 16.2. The molecule has 0 saturated carbocycles. The van der Waals surface area contributed by atoms with Crippen molar-refractivity contribution >= 4 is 11.7 Å². The standard InChI is InChI=1S/C15H24N4O/c1-12(16-3)14-6-4-7-17-15(14)19-9-5-8-18(10-11-19)13(2)20/h4,6-7,12,16H,5,8-11H2,1-3H3. The summed E-state index contributed by atoms with van der Waals surface area (Å²) in [6.07, 6.45) is 2.83. The monoisotopic (exact) mass is 276 g/mol. The van der Waals surface area contributed by atoms with Crippen LogP contribution in [0.1, 0.15) is 31.9 Å². The molecule has 2 rings (SSSR count). The van der Waals surface area contributed by atoms with E-state index in [-0.39, 0.29) is 11.9 Å². The molecule has 1 saturated heterocycles. The maximum absolute atomic E-state index is 11.5. The van der Waals surface area contributed by atoms with E-state index in [2.05, 4.69) is 28.2 Å². The van der Waals surface area contributed by atoms with E-state index in [0.717, 1.165) is 38.4 Å². The Labute approximate surface area is 121 Å². The number of nitrogens with one attached hydrogen (secondary N) is 1. The minimum absolute atomic E-state index is 0.164. The van der Waals surface area contributed by atoms with Crippen LogP contribution in [0, 0.1) is 0 Å². The summed E-state index contributed by atoms with van der Waals surface area (Å²) in [6.45, 7) is 7.20. The summed E-state index contributed by atoms with van der Waals surface area (Å²) in [4.78, 5) is 20.3. The number of amides is 1. The van der Waals surface area contributed by atoms with Gasteiger partial charge in [-0.2, -0.15) is 0 Å².